The molecular weight excluding hydrogens is 412 g/mol. The summed E-state index contributed by atoms with van der Waals surface area (Å²) in [6, 6.07) is 13.2. The molecule has 31 heavy (non-hydrogen) atoms. The van der Waals surface area contributed by atoms with Gasteiger partial charge in [0.15, 0.2) is 0 Å². The van der Waals surface area contributed by atoms with Crippen molar-refractivity contribution in [1.82, 2.24) is 9.62 Å². The highest BCUT2D eigenvalue weighted by atomic mass is 32.2. The molecule has 2 aromatic rings. The number of amides is 1. The lowest BCUT2D eigenvalue weighted by atomic mass is 10.1. The Balaban J connectivity index is 1.55. The molecule has 1 saturated heterocycles. The van der Waals surface area contributed by atoms with E-state index >= 15 is 0 Å². The van der Waals surface area contributed by atoms with Crippen molar-refractivity contribution in [3.05, 3.63) is 53.6 Å². The van der Waals surface area contributed by atoms with Crippen LogP contribution < -0.4 is 14.9 Å². The van der Waals surface area contributed by atoms with E-state index in [2.05, 4.69) is 51.2 Å². The van der Waals surface area contributed by atoms with E-state index in [4.69, 9.17) is 0 Å². The molecular formula is C23H32N4O3S. The van der Waals surface area contributed by atoms with Crippen LogP contribution in [0.3, 0.4) is 0 Å². The maximum absolute atomic E-state index is 12.7. The van der Waals surface area contributed by atoms with Crippen molar-refractivity contribution in [3.8, 4) is 0 Å². The van der Waals surface area contributed by atoms with E-state index in [9.17, 15) is 13.2 Å². The molecule has 0 atom stereocenters. The van der Waals surface area contributed by atoms with Gasteiger partial charge in [-0.3, -0.25) is 4.79 Å². The number of nitrogens with one attached hydrogen (secondary N) is 2. The highest BCUT2D eigenvalue weighted by Crippen LogP contribution is 2.20. The Bertz CT molecular complexity index is 998. The van der Waals surface area contributed by atoms with E-state index in [1.54, 1.807) is 26.0 Å². The number of carbonyl (C=O) groups is 1. The summed E-state index contributed by atoms with van der Waals surface area (Å²) in [4.78, 5) is 16.5. The Morgan fingerprint density at radius 3 is 2.32 bits per heavy atom. The SMILES string of the molecule is CCC(=O)Nc1ccc(S(=O)(=O)NCCc2ccc(N3CCN(C)CC3)cc2)c(C)c1. The fraction of sp³-hybridized carbons (Fsp3) is 0.435. The number of likely N-dealkylation sites (N-methyl/N-ethyl adjacent to an activating group) is 1. The standard InChI is InChI=1S/C23H32N4O3S/c1-4-23(28)25-20-7-10-22(18(2)17-20)31(29,30)24-12-11-19-5-8-21(9-6-19)27-15-13-26(3)14-16-27/h5-10,17,24H,4,11-16H2,1-3H3,(H,25,28). The van der Waals surface area contributed by atoms with Crippen molar-refractivity contribution in [2.45, 2.75) is 31.6 Å². The topological polar surface area (TPSA) is 81.7 Å². The Labute approximate surface area is 185 Å². The molecule has 0 unspecified atom stereocenters. The van der Waals surface area contributed by atoms with Gasteiger partial charge in [0.1, 0.15) is 0 Å². The molecule has 0 radical (unpaired) electrons. The van der Waals surface area contributed by atoms with Crippen LogP contribution in [0.5, 0.6) is 0 Å². The minimum atomic E-state index is -3.62. The second-order valence-electron chi connectivity index (χ2n) is 7.99. The van der Waals surface area contributed by atoms with E-state index in [-0.39, 0.29) is 10.8 Å². The van der Waals surface area contributed by atoms with E-state index in [0.717, 1.165) is 31.7 Å². The Morgan fingerprint density at radius 1 is 1.03 bits per heavy atom. The Kier molecular flexibility index (Phi) is 7.69. The van der Waals surface area contributed by atoms with Crippen LogP contribution in [0.2, 0.25) is 0 Å². The van der Waals surface area contributed by atoms with Crippen LogP contribution in [0.4, 0.5) is 11.4 Å². The van der Waals surface area contributed by atoms with Gasteiger partial charge in [-0.1, -0.05) is 19.1 Å². The molecule has 0 aliphatic carbocycles. The van der Waals surface area contributed by atoms with Crippen molar-refractivity contribution in [2.24, 2.45) is 0 Å². The largest absolute Gasteiger partial charge is 0.369 e. The third kappa shape index (κ3) is 6.29. The normalized spacial score (nSPS) is 15.1. The number of nitrogens with zero attached hydrogens (tertiary/aromatic N) is 2. The quantitative estimate of drug-likeness (QED) is 0.654. The number of anilines is 2. The molecule has 1 aliphatic rings. The first-order valence-corrected chi connectivity index (χ1v) is 12.2. The average molecular weight is 445 g/mol. The van der Waals surface area contributed by atoms with Crippen LogP contribution in [0.15, 0.2) is 47.4 Å². The van der Waals surface area contributed by atoms with Gasteiger partial charge in [0.05, 0.1) is 4.90 Å². The number of carbonyl (C=O) groups excluding carboxylic acids is 1. The fourth-order valence-electron chi connectivity index (χ4n) is 3.62. The number of piperazine rings is 1. The van der Waals surface area contributed by atoms with Gasteiger partial charge in [0, 0.05) is 50.5 Å². The smallest absolute Gasteiger partial charge is 0.240 e. The molecule has 7 nitrogen and oxygen atoms in total. The van der Waals surface area contributed by atoms with Crippen molar-refractivity contribution in [2.75, 3.05) is 50.0 Å². The molecule has 1 amide bonds. The minimum Gasteiger partial charge on any atom is -0.369 e. The molecule has 1 heterocycles. The van der Waals surface area contributed by atoms with Crippen molar-refractivity contribution in [1.29, 1.82) is 0 Å². The van der Waals surface area contributed by atoms with Gasteiger partial charge < -0.3 is 15.1 Å². The summed E-state index contributed by atoms with van der Waals surface area (Å²) < 4.78 is 28.1. The summed E-state index contributed by atoms with van der Waals surface area (Å²) in [5, 5.41) is 2.75. The number of hydrogen-bond acceptors (Lipinski definition) is 5. The molecule has 8 heteroatoms. The summed E-state index contributed by atoms with van der Waals surface area (Å²) in [7, 11) is -1.48. The number of hydrogen-bond donors (Lipinski definition) is 2. The summed E-state index contributed by atoms with van der Waals surface area (Å²) in [6.45, 7) is 8.00. The van der Waals surface area contributed by atoms with Gasteiger partial charge in [-0.25, -0.2) is 13.1 Å². The number of rotatable bonds is 8. The maximum Gasteiger partial charge on any atom is 0.240 e. The first kappa shape index (κ1) is 23.2. The van der Waals surface area contributed by atoms with Crippen molar-refractivity contribution in [3.63, 3.8) is 0 Å². The number of sulfonamides is 1. The predicted octanol–water partition coefficient (Wildman–Crippen LogP) is 2.62. The molecule has 0 aromatic heterocycles. The van der Waals surface area contributed by atoms with Crippen LogP contribution in [0, 0.1) is 6.92 Å². The van der Waals surface area contributed by atoms with E-state index in [0.29, 0.717) is 30.6 Å². The summed E-state index contributed by atoms with van der Waals surface area (Å²) in [6.07, 6.45) is 0.989. The monoisotopic (exact) mass is 444 g/mol. The first-order chi connectivity index (χ1) is 14.8. The zero-order valence-corrected chi connectivity index (χ0v) is 19.3. The van der Waals surface area contributed by atoms with Crippen LogP contribution in [-0.2, 0) is 21.2 Å². The van der Waals surface area contributed by atoms with E-state index < -0.39 is 10.0 Å². The molecule has 1 fully saturated rings. The molecule has 0 spiro atoms. The zero-order valence-electron chi connectivity index (χ0n) is 18.5. The zero-order chi connectivity index (χ0) is 22.4. The Morgan fingerprint density at radius 2 is 1.71 bits per heavy atom. The van der Waals surface area contributed by atoms with Gasteiger partial charge in [-0.2, -0.15) is 0 Å². The van der Waals surface area contributed by atoms with Crippen LogP contribution in [0.25, 0.3) is 0 Å². The first-order valence-electron chi connectivity index (χ1n) is 10.7. The van der Waals surface area contributed by atoms with Crippen LogP contribution >= 0.6 is 0 Å². The van der Waals surface area contributed by atoms with Gasteiger partial charge in [-0.05, 0) is 61.9 Å². The van der Waals surface area contributed by atoms with Crippen molar-refractivity contribution < 1.29 is 13.2 Å². The van der Waals surface area contributed by atoms with Crippen LogP contribution in [0.1, 0.15) is 24.5 Å². The molecule has 0 saturated carbocycles. The third-order valence-electron chi connectivity index (χ3n) is 5.58. The lowest BCUT2D eigenvalue weighted by Gasteiger charge is -2.34. The molecule has 3 rings (SSSR count). The number of benzene rings is 2. The molecule has 168 valence electrons. The average Bonchev–Trinajstić information content (AvgIpc) is 2.74. The lowest BCUT2D eigenvalue weighted by molar-refractivity contribution is -0.115. The summed E-state index contributed by atoms with van der Waals surface area (Å²) in [5.74, 6) is -0.105. The highest BCUT2D eigenvalue weighted by Gasteiger charge is 2.17. The van der Waals surface area contributed by atoms with Gasteiger partial charge in [-0.15, -0.1) is 0 Å². The van der Waals surface area contributed by atoms with Crippen molar-refractivity contribution >= 4 is 27.3 Å². The number of aryl methyl sites for hydroxylation is 1. The molecule has 2 aromatic carbocycles. The maximum atomic E-state index is 12.7. The Hall–Kier alpha value is -2.42. The minimum absolute atomic E-state index is 0.105. The second-order valence-corrected chi connectivity index (χ2v) is 9.72. The highest BCUT2D eigenvalue weighted by molar-refractivity contribution is 7.89. The van der Waals surface area contributed by atoms with E-state index in [1.165, 1.54) is 11.8 Å². The summed E-state index contributed by atoms with van der Waals surface area (Å²) >= 11 is 0. The third-order valence-corrected chi connectivity index (χ3v) is 7.20. The predicted molar refractivity (Wildman–Crippen MR) is 125 cm³/mol. The summed E-state index contributed by atoms with van der Waals surface area (Å²) in [5.41, 5.74) is 3.50. The van der Waals surface area contributed by atoms with Crippen LogP contribution in [-0.4, -0.2) is 59.0 Å². The fourth-order valence-corrected chi connectivity index (χ4v) is 4.88. The second kappa shape index (κ2) is 10.3. The molecule has 1 aliphatic heterocycles. The molecule has 0 bridgehead atoms. The van der Waals surface area contributed by atoms with Gasteiger partial charge in [0.2, 0.25) is 15.9 Å². The lowest BCUT2D eigenvalue weighted by Crippen LogP contribution is -2.44. The molecule has 2 N–H and O–H groups in total. The van der Waals surface area contributed by atoms with Gasteiger partial charge >= 0.3 is 0 Å². The van der Waals surface area contributed by atoms with E-state index in [1.807, 2.05) is 0 Å². The van der Waals surface area contributed by atoms with Gasteiger partial charge in [0.25, 0.3) is 0 Å².